The first kappa shape index (κ1) is 15.0. The number of amides is 1. The molecule has 1 aromatic heterocycles. The smallest absolute Gasteiger partial charge is 0.279 e. The van der Waals surface area contributed by atoms with Crippen LogP contribution in [0.3, 0.4) is 0 Å². The first-order chi connectivity index (χ1) is 11.6. The van der Waals surface area contributed by atoms with E-state index in [9.17, 15) is 9.18 Å². The molecular formula is C19H15FN2OS. The second-order valence-electron chi connectivity index (χ2n) is 5.80. The summed E-state index contributed by atoms with van der Waals surface area (Å²) in [6.07, 6.45) is 1.97. The van der Waals surface area contributed by atoms with Crippen molar-refractivity contribution in [2.45, 2.75) is 12.8 Å². The maximum absolute atomic E-state index is 13.0. The summed E-state index contributed by atoms with van der Waals surface area (Å²) >= 11 is 1.55. The Morgan fingerprint density at radius 3 is 2.67 bits per heavy atom. The lowest BCUT2D eigenvalue weighted by Crippen LogP contribution is -2.15. The zero-order valence-electron chi connectivity index (χ0n) is 13.1. The average Bonchev–Trinajstić information content (AvgIpc) is 2.92. The second kappa shape index (κ2) is 5.83. The molecule has 1 aliphatic rings. The number of aromatic nitrogens is 1. The molecule has 0 N–H and O–H groups in total. The van der Waals surface area contributed by atoms with Gasteiger partial charge in [0.15, 0.2) is 4.80 Å². The van der Waals surface area contributed by atoms with E-state index in [-0.39, 0.29) is 11.7 Å². The Morgan fingerprint density at radius 1 is 1.12 bits per heavy atom. The second-order valence-corrected chi connectivity index (χ2v) is 6.86. The van der Waals surface area contributed by atoms with Gasteiger partial charge in [-0.05, 0) is 42.7 Å². The number of fused-ring (bicyclic) bond motifs is 3. The molecule has 0 saturated carbocycles. The predicted molar refractivity (Wildman–Crippen MR) is 92.4 cm³/mol. The van der Waals surface area contributed by atoms with Crippen LogP contribution < -0.4 is 4.80 Å². The fraction of sp³-hybridized carbons (Fsp3) is 0.158. The molecule has 0 fully saturated rings. The number of hydrogen-bond acceptors (Lipinski definition) is 2. The molecule has 5 heteroatoms. The lowest BCUT2D eigenvalue weighted by molar-refractivity contribution is 0.0998. The van der Waals surface area contributed by atoms with E-state index >= 15 is 0 Å². The van der Waals surface area contributed by atoms with Crippen molar-refractivity contribution < 1.29 is 9.18 Å². The van der Waals surface area contributed by atoms with Crippen molar-refractivity contribution in [1.29, 1.82) is 0 Å². The number of hydrogen-bond donors (Lipinski definition) is 0. The Labute approximate surface area is 142 Å². The van der Waals surface area contributed by atoms with Crippen molar-refractivity contribution >= 4 is 17.2 Å². The van der Waals surface area contributed by atoms with Crippen LogP contribution in [-0.4, -0.2) is 10.5 Å². The molecule has 1 heterocycles. The van der Waals surface area contributed by atoms with Gasteiger partial charge in [0.1, 0.15) is 5.82 Å². The summed E-state index contributed by atoms with van der Waals surface area (Å²) in [5.41, 5.74) is 4.08. The highest BCUT2D eigenvalue weighted by molar-refractivity contribution is 7.09. The molecule has 1 amide bonds. The van der Waals surface area contributed by atoms with Crippen LogP contribution in [0.2, 0.25) is 0 Å². The van der Waals surface area contributed by atoms with Gasteiger partial charge in [0, 0.05) is 23.1 Å². The minimum absolute atomic E-state index is 0.350. The number of nitrogens with zero attached hydrogens (tertiary/aromatic N) is 2. The van der Waals surface area contributed by atoms with Crippen molar-refractivity contribution in [3.63, 3.8) is 0 Å². The molecule has 3 aromatic rings. The number of carbonyl (C=O) groups excluding carboxylic acids is 1. The number of rotatable bonds is 1. The molecule has 0 bridgehead atoms. The Hall–Kier alpha value is -2.53. The molecule has 4 rings (SSSR count). The molecule has 0 aliphatic heterocycles. The Kier molecular flexibility index (Phi) is 3.65. The lowest BCUT2D eigenvalue weighted by Gasteiger charge is -2.16. The van der Waals surface area contributed by atoms with E-state index in [4.69, 9.17) is 0 Å². The summed E-state index contributed by atoms with van der Waals surface area (Å²) in [5, 5.41) is 0. The number of benzene rings is 2. The van der Waals surface area contributed by atoms with Crippen LogP contribution in [0.25, 0.3) is 11.3 Å². The number of carbonyl (C=O) groups is 1. The van der Waals surface area contributed by atoms with Gasteiger partial charge in [0.2, 0.25) is 0 Å². The van der Waals surface area contributed by atoms with E-state index in [1.54, 1.807) is 11.3 Å². The van der Waals surface area contributed by atoms with Crippen molar-refractivity contribution in [3.8, 4) is 11.3 Å². The molecule has 1 aliphatic carbocycles. The molecule has 0 unspecified atom stereocenters. The summed E-state index contributed by atoms with van der Waals surface area (Å²) in [6, 6.07) is 13.8. The molecule has 0 spiro atoms. The molecule has 120 valence electrons. The minimum atomic E-state index is -0.361. The van der Waals surface area contributed by atoms with Gasteiger partial charge in [-0.2, -0.15) is 4.99 Å². The van der Waals surface area contributed by atoms with Gasteiger partial charge in [-0.3, -0.25) is 4.79 Å². The van der Waals surface area contributed by atoms with E-state index in [0.29, 0.717) is 10.4 Å². The van der Waals surface area contributed by atoms with E-state index in [2.05, 4.69) is 23.2 Å². The van der Waals surface area contributed by atoms with Gasteiger partial charge in [0.05, 0.1) is 5.69 Å². The summed E-state index contributed by atoms with van der Waals surface area (Å²) in [5.74, 6) is -0.710. The van der Waals surface area contributed by atoms with Crippen molar-refractivity contribution in [2.24, 2.45) is 12.0 Å². The number of thiazole rings is 1. The average molecular weight is 338 g/mol. The third-order valence-corrected chi connectivity index (χ3v) is 5.47. The zero-order chi connectivity index (χ0) is 16.7. The Balaban J connectivity index is 1.80. The number of halogens is 1. The quantitative estimate of drug-likeness (QED) is 0.666. The van der Waals surface area contributed by atoms with Crippen LogP contribution in [0, 0.1) is 5.82 Å². The summed E-state index contributed by atoms with van der Waals surface area (Å²) in [7, 11) is 1.94. The highest BCUT2D eigenvalue weighted by Crippen LogP contribution is 2.34. The van der Waals surface area contributed by atoms with Gasteiger partial charge in [-0.15, -0.1) is 11.3 Å². The molecule has 3 nitrogen and oxygen atoms in total. The van der Waals surface area contributed by atoms with Crippen LogP contribution in [0.5, 0.6) is 0 Å². The topological polar surface area (TPSA) is 34.4 Å². The normalized spacial score (nSPS) is 13.5. The standard InChI is InChI=1S/C19H15FN2OS/c1-22-17-15-5-3-2-4-12(15)8-11-16(17)24-19(22)21-18(23)13-6-9-14(20)10-7-13/h2-7,9-10H,8,11H2,1H3. The summed E-state index contributed by atoms with van der Waals surface area (Å²) in [6.45, 7) is 0. The highest BCUT2D eigenvalue weighted by atomic mass is 32.1. The van der Waals surface area contributed by atoms with Gasteiger partial charge in [0.25, 0.3) is 5.91 Å². The fourth-order valence-corrected chi connectivity index (χ4v) is 4.19. The summed E-state index contributed by atoms with van der Waals surface area (Å²) < 4.78 is 15.0. The number of aryl methyl sites for hydroxylation is 2. The van der Waals surface area contributed by atoms with Crippen molar-refractivity contribution in [3.05, 3.63) is 75.2 Å². The largest absolute Gasteiger partial charge is 0.319 e. The van der Waals surface area contributed by atoms with E-state index in [1.807, 2.05) is 17.7 Å². The zero-order valence-corrected chi connectivity index (χ0v) is 13.9. The fourth-order valence-electron chi connectivity index (χ4n) is 3.07. The van der Waals surface area contributed by atoms with Crippen LogP contribution in [-0.2, 0) is 19.9 Å². The molecular weight excluding hydrogens is 323 g/mol. The molecule has 0 saturated heterocycles. The predicted octanol–water partition coefficient (Wildman–Crippen LogP) is 3.73. The van der Waals surface area contributed by atoms with Gasteiger partial charge in [-0.1, -0.05) is 24.3 Å². The Bertz CT molecular complexity index is 999. The van der Waals surface area contributed by atoms with Crippen LogP contribution in [0.15, 0.2) is 53.5 Å². The molecule has 2 aromatic carbocycles. The first-order valence-corrected chi connectivity index (χ1v) is 8.57. The molecule has 0 atom stereocenters. The first-order valence-electron chi connectivity index (χ1n) is 7.75. The monoisotopic (exact) mass is 338 g/mol. The van der Waals surface area contributed by atoms with Crippen LogP contribution in [0.1, 0.15) is 20.8 Å². The third-order valence-electron chi connectivity index (χ3n) is 4.28. The van der Waals surface area contributed by atoms with Crippen LogP contribution in [0.4, 0.5) is 4.39 Å². The van der Waals surface area contributed by atoms with Crippen LogP contribution >= 0.6 is 11.3 Å². The maximum atomic E-state index is 13.0. The Morgan fingerprint density at radius 2 is 1.88 bits per heavy atom. The van der Waals surface area contributed by atoms with Crippen molar-refractivity contribution in [2.75, 3.05) is 0 Å². The molecule has 24 heavy (non-hydrogen) atoms. The summed E-state index contributed by atoms with van der Waals surface area (Å²) in [4.78, 5) is 18.5. The van der Waals surface area contributed by atoms with Gasteiger partial charge >= 0.3 is 0 Å². The minimum Gasteiger partial charge on any atom is -0.319 e. The van der Waals surface area contributed by atoms with Gasteiger partial charge in [-0.25, -0.2) is 4.39 Å². The third kappa shape index (κ3) is 2.51. The SMILES string of the molecule is Cn1c2c(sc1=NC(=O)c1ccc(F)cc1)CCc1ccccc1-2. The van der Waals surface area contributed by atoms with Crippen molar-refractivity contribution in [1.82, 2.24) is 4.57 Å². The van der Waals surface area contributed by atoms with E-state index in [0.717, 1.165) is 18.5 Å². The van der Waals surface area contributed by atoms with E-state index < -0.39 is 0 Å². The van der Waals surface area contributed by atoms with E-state index in [1.165, 1.54) is 40.3 Å². The molecule has 0 radical (unpaired) electrons. The lowest BCUT2D eigenvalue weighted by atomic mass is 9.93. The highest BCUT2D eigenvalue weighted by Gasteiger charge is 2.21. The van der Waals surface area contributed by atoms with Gasteiger partial charge < -0.3 is 4.57 Å². The maximum Gasteiger partial charge on any atom is 0.279 e.